The maximum absolute atomic E-state index is 12.4. The van der Waals surface area contributed by atoms with Crippen LogP contribution >= 0.6 is 0 Å². The average Bonchev–Trinajstić information content (AvgIpc) is 2.43. The lowest BCUT2D eigenvalue weighted by Gasteiger charge is -2.17. The fourth-order valence-corrected chi connectivity index (χ4v) is 3.48. The van der Waals surface area contributed by atoms with Crippen LogP contribution in [0.5, 0.6) is 0 Å². The van der Waals surface area contributed by atoms with Crippen molar-refractivity contribution in [3.8, 4) is 0 Å². The van der Waals surface area contributed by atoms with E-state index in [4.69, 9.17) is 5.73 Å². The molecule has 0 aliphatic heterocycles. The van der Waals surface area contributed by atoms with Crippen molar-refractivity contribution < 1.29 is 8.42 Å². The molecule has 3 N–H and O–H groups in total. The van der Waals surface area contributed by atoms with E-state index in [2.05, 4.69) is 4.72 Å². The van der Waals surface area contributed by atoms with Crippen molar-refractivity contribution in [2.75, 3.05) is 20.6 Å². The van der Waals surface area contributed by atoms with Crippen molar-refractivity contribution in [1.29, 1.82) is 0 Å². The summed E-state index contributed by atoms with van der Waals surface area (Å²) in [6.07, 6.45) is 1.61. The Morgan fingerprint density at radius 1 is 1.29 bits per heavy atom. The van der Waals surface area contributed by atoms with Gasteiger partial charge in [-0.15, -0.1) is 0 Å². The van der Waals surface area contributed by atoms with Gasteiger partial charge in [-0.05, 0) is 63.7 Å². The van der Waals surface area contributed by atoms with Crippen molar-refractivity contribution >= 4 is 10.0 Å². The lowest BCUT2D eigenvalue weighted by Crippen LogP contribution is -2.34. The van der Waals surface area contributed by atoms with Crippen molar-refractivity contribution in [2.24, 2.45) is 5.73 Å². The van der Waals surface area contributed by atoms with Crippen LogP contribution in [0.25, 0.3) is 0 Å². The number of aryl methyl sites for hydroxylation is 1. The maximum atomic E-state index is 12.4. The molecule has 1 aromatic rings. The third-order valence-electron chi connectivity index (χ3n) is 3.45. The number of benzene rings is 1. The Labute approximate surface area is 128 Å². The Kier molecular flexibility index (Phi) is 6.80. The molecule has 0 aromatic heterocycles. The molecule has 1 unspecified atom stereocenters. The van der Waals surface area contributed by atoms with Crippen LogP contribution in [0.1, 0.15) is 31.4 Å². The van der Waals surface area contributed by atoms with Crippen LogP contribution in [0.15, 0.2) is 23.1 Å². The molecule has 0 radical (unpaired) electrons. The van der Waals surface area contributed by atoms with Crippen molar-refractivity contribution in [2.45, 2.75) is 44.2 Å². The lowest BCUT2D eigenvalue weighted by atomic mass is 10.1. The first-order valence-corrected chi connectivity index (χ1v) is 8.77. The van der Waals surface area contributed by atoms with E-state index in [0.29, 0.717) is 6.54 Å². The topological polar surface area (TPSA) is 75.4 Å². The van der Waals surface area contributed by atoms with Gasteiger partial charge in [0.1, 0.15) is 0 Å². The summed E-state index contributed by atoms with van der Waals surface area (Å²) in [4.78, 5) is 2.32. The zero-order valence-electron chi connectivity index (χ0n) is 13.4. The highest BCUT2D eigenvalue weighted by molar-refractivity contribution is 7.89. The van der Waals surface area contributed by atoms with Crippen LogP contribution in [0.4, 0.5) is 0 Å². The molecule has 1 atom stereocenters. The zero-order valence-corrected chi connectivity index (χ0v) is 14.2. The molecule has 0 heterocycles. The summed E-state index contributed by atoms with van der Waals surface area (Å²) in [7, 11) is 0.452. The molecule has 0 aliphatic carbocycles. The fourth-order valence-electron chi connectivity index (χ4n) is 2.15. The van der Waals surface area contributed by atoms with Crippen LogP contribution in [-0.4, -0.2) is 40.0 Å². The van der Waals surface area contributed by atoms with Crippen LogP contribution < -0.4 is 10.5 Å². The van der Waals surface area contributed by atoms with Gasteiger partial charge in [-0.25, -0.2) is 13.1 Å². The normalized spacial score (nSPS) is 13.6. The van der Waals surface area contributed by atoms with Gasteiger partial charge < -0.3 is 10.6 Å². The number of sulfonamides is 1. The van der Waals surface area contributed by atoms with Gasteiger partial charge in [0.25, 0.3) is 0 Å². The first kappa shape index (κ1) is 18.1. The predicted molar refractivity (Wildman–Crippen MR) is 86.7 cm³/mol. The van der Waals surface area contributed by atoms with Gasteiger partial charge in [0.15, 0.2) is 0 Å². The fraction of sp³-hybridized carbons (Fsp3) is 0.600. The summed E-state index contributed by atoms with van der Waals surface area (Å²) in [5.74, 6) is 0. The van der Waals surface area contributed by atoms with Crippen molar-refractivity contribution in [1.82, 2.24) is 9.62 Å². The van der Waals surface area contributed by atoms with E-state index in [1.807, 2.05) is 38.9 Å². The SMILES string of the molecule is CCc1ccc(S(=O)(=O)NC(C)CCN(C)C)cc1CN. The van der Waals surface area contributed by atoms with E-state index in [-0.39, 0.29) is 10.9 Å². The Balaban J connectivity index is 2.87. The molecular formula is C15H27N3O2S. The molecule has 0 aliphatic rings. The van der Waals surface area contributed by atoms with E-state index in [1.165, 1.54) is 0 Å². The summed E-state index contributed by atoms with van der Waals surface area (Å²) in [6, 6.07) is 5.07. The van der Waals surface area contributed by atoms with Gasteiger partial charge in [0.05, 0.1) is 4.90 Å². The van der Waals surface area contributed by atoms with E-state index in [1.54, 1.807) is 12.1 Å². The van der Waals surface area contributed by atoms with Gasteiger partial charge in [-0.1, -0.05) is 13.0 Å². The maximum Gasteiger partial charge on any atom is 0.240 e. The summed E-state index contributed by atoms with van der Waals surface area (Å²) in [5, 5.41) is 0. The van der Waals surface area contributed by atoms with Gasteiger partial charge in [-0.3, -0.25) is 0 Å². The van der Waals surface area contributed by atoms with Crippen molar-refractivity contribution in [3.63, 3.8) is 0 Å². The molecule has 0 bridgehead atoms. The molecule has 0 spiro atoms. The summed E-state index contributed by atoms with van der Waals surface area (Å²) in [6.45, 7) is 5.10. The average molecular weight is 313 g/mol. The number of rotatable bonds is 8. The third kappa shape index (κ3) is 5.39. The number of hydrogen-bond donors (Lipinski definition) is 2. The van der Waals surface area contributed by atoms with E-state index < -0.39 is 10.0 Å². The number of hydrogen-bond acceptors (Lipinski definition) is 4. The molecule has 21 heavy (non-hydrogen) atoms. The molecule has 6 heteroatoms. The second-order valence-electron chi connectivity index (χ2n) is 5.60. The molecule has 0 saturated carbocycles. The second-order valence-corrected chi connectivity index (χ2v) is 7.32. The molecule has 1 aromatic carbocycles. The molecule has 0 fully saturated rings. The Morgan fingerprint density at radius 3 is 2.48 bits per heavy atom. The highest BCUT2D eigenvalue weighted by Gasteiger charge is 2.18. The molecule has 0 amide bonds. The first-order chi connectivity index (χ1) is 9.80. The third-order valence-corrected chi connectivity index (χ3v) is 5.04. The van der Waals surface area contributed by atoms with E-state index in [0.717, 1.165) is 30.5 Å². The van der Waals surface area contributed by atoms with Gasteiger partial charge in [0, 0.05) is 12.6 Å². The molecular weight excluding hydrogens is 286 g/mol. The highest BCUT2D eigenvalue weighted by atomic mass is 32.2. The standard InChI is InChI=1S/C15H27N3O2S/c1-5-13-6-7-15(10-14(13)11-16)21(19,20)17-12(2)8-9-18(3)4/h6-7,10,12,17H,5,8-9,11,16H2,1-4H3. The Hall–Kier alpha value is -0.950. The number of nitrogens with one attached hydrogen (secondary N) is 1. The van der Waals surface area contributed by atoms with Crippen LogP contribution in [0.2, 0.25) is 0 Å². The second kappa shape index (κ2) is 7.89. The minimum absolute atomic E-state index is 0.107. The van der Waals surface area contributed by atoms with Gasteiger partial charge in [-0.2, -0.15) is 0 Å². The van der Waals surface area contributed by atoms with Gasteiger partial charge in [0.2, 0.25) is 10.0 Å². The monoisotopic (exact) mass is 313 g/mol. The van der Waals surface area contributed by atoms with Gasteiger partial charge >= 0.3 is 0 Å². The number of nitrogens with zero attached hydrogens (tertiary/aromatic N) is 1. The van der Waals surface area contributed by atoms with Crippen molar-refractivity contribution in [3.05, 3.63) is 29.3 Å². The summed E-state index contributed by atoms with van der Waals surface area (Å²) < 4.78 is 27.5. The smallest absolute Gasteiger partial charge is 0.240 e. The molecule has 5 nitrogen and oxygen atoms in total. The first-order valence-electron chi connectivity index (χ1n) is 7.29. The number of nitrogens with two attached hydrogens (primary N) is 1. The van der Waals surface area contributed by atoms with Crippen LogP contribution in [0.3, 0.4) is 0 Å². The highest BCUT2D eigenvalue weighted by Crippen LogP contribution is 2.17. The predicted octanol–water partition coefficient (Wildman–Crippen LogP) is 1.33. The largest absolute Gasteiger partial charge is 0.326 e. The lowest BCUT2D eigenvalue weighted by molar-refractivity contribution is 0.379. The Bertz CT molecular complexity index is 556. The summed E-state index contributed by atoms with van der Waals surface area (Å²) >= 11 is 0. The van der Waals surface area contributed by atoms with Crippen LogP contribution in [0, 0.1) is 0 Å². The Morgan fingerprint density at radius 2 is 1.95 bits per heavy atom. The summed E-state index contributed by atoms with van der Waals surface area (Å²) in [5.41, 5.74) is 7.68. The minimum atomic E-state index is -3.49. The molecule has 0 saturated heterocycles. The zero-order chi connectivity index (χ0) is 16.0. The molecule has 120 valence electrons. The van der Waals surface area contributed by atoms with E-state index in [9.17, 15) is 8.42 Å². The van der Waals surface area contributed by atoms with Crippen LogP contribution in [-0.2, 0) is 23.0 Å². The molecule has 1 rings (SSSR count). The quantitative estimate of drug-likeness (QED) is 0.759. The minimum Gasteiger partial charge on any atom is -0.326 e. The van der Waals surface area contributed by atoms with E-state index >= 15 is 0 Å².